The monoisotopic (exact) mass is 240 g/mol. The smallest absolute Gasteiger partial charge is 0.0218 e. The molecule has 0 heterocycles. The summed E-state index contributed by atoms with van der Waals surface area (Å²) in [6.07, 6.45) is 6.86. The first-order valence-corrected chi connectivity index (χ1v) is 7.51. The van der Waals surface area contributed by atoms with E-state index in [-0.39, 0.29) is 0 Å². The molecule has 0 amide bonds. The van der Waals surface area contributed by atoms with Gasteiger partial charge in [0.15, 0.2) is 0 Å². The van der Waals surface area contributed by atoms with Crippen LogP contribution in [-0.4, -0.2) is 36.6 Å². The van der Waals surface area contributed by atoms with Gasteiger partial charge in [0.2, 0.25) is 0 Å². The van der Waals surface area contributed by atoms with Gasteiger partial charge >= 0.3 is 0 Å². The van der Waals surface area contributed by atoms with Crippen LogP contribution in [0.15, 0.2) is 0 Å². The van der Waals surface area contributed by atoms with Gasteiger partial charge in [-0.05, 0) is 52.6 Å². The van der Waals surface area contributed by atoms with E-state index >= 15 is 0 Å². The molecule has 1 fully saturated rings. The molecule has 1 saturated carbocycles. The molecule has 0 saturated heterocycles. The highest BCUT2D eigenvalue weighted by Crippen LogP contribution is 2.27. The topological polar surface area (TPSA) is 15.3 Å². The van der Waals surface area contributed by atoms with Crippen molar-refractivity contribution in [1.82, 2.24) is 10.2 Å². The molecule has 4 unspecified atom stereocenters. The molecule has 1 aliphatic rings. The van der Waals surface area contributed by atoms with Crippen LogP contribution < -0.4 is 5.32 Å². The van der Waals surface area contributed by atoms with Crippen molar-refractivity contribution in [2.45, 2.75) is 77.9 Å². The quantitative estimate of drug-likeness (QED) is 0.766. The molecule has 0 aromatic rings. The summed E-state index contributed by atoms with van der Waals surface area (Å²) in [4.78, 5) is 2.61. The summed E-state index contributed by atoms with van der Waals surface area (Å²) >= 11 is 0. The fourth-order valence-corrected chi connectivity index (χ4v) is 3.00. The number of nitrogens with zero attached hydrogens (tertiary/aromatic N) is 1. The van der Waals surface area contributed by atoms with Gasteiger partial charge in [-0.25, -0.2) is 0 Å². The molecule has 0 bridgehead atoms. The number of hydrogen-bond donors (Lipinski definition) is 1. The Morgan fingerprint density at radius 2 is 2.00 bits per heavy atom. The average Bonchev–Trinajstić information content (AvgIpc) is 2.34. The van der Waals surface area contributed by atoms with Crippen LogP contribution in [0.5, 0.6) is 0 Å². The number of hydrogen-bond acceptors (Lipinski definition) is 2. The molecule has 1 rings (SSSR count). The van der Waals surface area contributed by atoms with Crippen molar-refractivity contribution >= 4 is 0 Å². The normalized spacial score (nSPS) is 29.3. The van der Waals surface area contributed by atoms with E-state index in [1.54, 1.807) is 0 Å². The maximum atomic E-state index is 3.62. The van der Waals surface area contributed by atoms with E-state index in [2.05, 4.69) is 45.0 Å². The van der Waals surface area contributed by atoms with Crippen molar-refractivity contribution in [3.8, 4) is 0 Å². The minimum Gasteiger partial charge on any atom is -0.313 e. The molecule has 17 heavy (non-hydrogen) atoms. The van der Waals surface area contributed by atoms with Crippen LogP contribution in [0.3, 0.4) is 0 Å². The minimum atomic E-state index is 0.595. The third-order valence-corrected chi connectivity index (χ3v) is 4.57. The van der Waals surface area contributed by atoms with E-state index in [9.17, 15) is 0 Å². The molecule has 0 aromatic carbocycles. The van der Waals surface area contributed by atoms with Gasteiger partial charge in [0, 0.05) is 18.1 Å². The first kappa shape index (κ1) is 15.0. The van der Waals surface area contributed by atoms with E-state index in [0.717, 1.165) is 18.5 Å². The van der Waals surface area contributed by atoms with E-state index in [4.69, 9.17) is 0 Å². The summed E-state index contributed by atoms with van der Waals surface area (Å²) in [5, 5.41) is 3.62. The van der Waals surface area contributed by atoms with Gasteiger partial charge in [0.25, 0.3) is 0 Å². The molecule has 0 spiro atoms. The first-order valence-electron chi connectivity index (χ1n) is 7.51. The lowest BCUT2D eigenvalue weighted by Gasteiger charge is -2.40. The summed E-state index contributed by atoms with van der Waals surface area (Å²) < 4.78 is 0. The highest BCUT2D eigenvalue weighted by Gasteiger charge is 2.27. The van der Waals surface area contributed by atoms with Crippen LogP contribution in [0, 0.1) is 5.92 Å². The Labute approximate surface area is 108 Å². The van der Waals surface area contributed by atoms with E-state index in [1.165, 1.54) is 32.1 Å². The van der Waals surface area contributed by atoms with Crippen LogP contribution in [0.1, 0.15) is 59.8 Å². The van der Waals surface area contributed by atoms with Crippen molar-refractivity contribution < 1.29 is 0 Å². The molecule has 2 heteroatoms. The van der Waals surface area contributed by atoms with Crippen molar-refractivity contribution in [1.29, 1.82) is 0 Å². The van der Waals surface area contributed by atoms with Gasteiger partial charge in [-0.3, -0.25) is 4.90 Å². The molecule has 0 radical (unpaired) electrons. The lowest BCUT2D eigenvalue weighted by Crippen LogP contribution is -2.50. The zero-order valence-corrected chi connectivity index (χ0v) is 12.5. The molecular formula is C15H32N2. The third kappa shape index (κ3) is 4.59. The Morgan fingerprint density at radius 1 is 1.29 bits per heavy atom. The second-order valence-electron chi connectivity index (χ2n) is 6.07. The average molecular weight is 240 g/mol. The standard InChI is InChI=1S/C15H32N2/c1-6-10-16-13(3)14(4)17(5)15-9-7-8-12(2)11-15/h12-16H,6-11H2,1-5H3. The van der Waals surface area contributed by atoms with Gasteiger partial charge in [-0.15, -0.1) is 0 Å². The van der Waals surface area contributed by atoms with Gasteiger partial charge in [0.05, 0.1) is 0 Å². The summed E-state index contributed by atoms with van der Waals surface area (Å²) in [6.45, 7) is 10.5. The summed E-state index contributed by atoms with van der Waals surface area (Å²) in [5.41, 5.74) is 0. The lowest BCUT2D eigenvalue weighted by molar-refractivity contribution is 0.108. The Hall–Kier alpha value is -0.0800. The summed E-state index contributed by atoms with van der Waals surface area (Å²) in [6, 6.07) is 2.04. The number of nitrogens with one attached hydrogen (secondary N) is 1. The van der Waals surface area contributed by atoms with E-state index < -0.39 is 0 Å². The fourth-order valence-electron chi connectivity index (χ4n) is 3.00. The zero-order chi connectivity index (χ0) is 12.8. The van der Waals surface area contributed by atoms with E-state index in [1.807, 2.05) is 0 Å². The van der Waals surface area contributed by atoms with Crippen LogP contribution in [0.25, 0.3) is 0 Å². The van der Waals surface area contributed by atoms with Crippen LogP contribution in [-0.2, 0) is 0 Å². The van der Waals surface area contributed by atoms with Crippen molar-refractivity contribution in [2.24, 2.45) is 5.92 Å². The maximum Gasteiger partial charge on any atom is 0.0218 e. The molecule has 4 atom stereocenters. The van der Waals surface area contributed by atoms with Crippen LogP contribution in [0.2, 0.25) is 0 Å². The predicted octanol–water partition coefficient (Wildman–Crippen LogP) is 3.27. The number of likely N-dealkylation sites (N-methyl/N-ethyl adjacent to an activating group) is 1. The van der Waals surface area contributed by atoms with Gasteiger partial charge in [0.1, 0.15) is 0 Å². The van der Waals surface area contributed by atoms with E-state index in [0.29, 0.717) is 12.1 Å². The number of rotatable bonds is 6. The summed E-state index contributed by atoms with van der Waals surface area (Å²) in [5.74, 6) is 0.919. The third-order valence-electron chi connectivity index (χ3n) is 4.57. The zero-order valence-electron chi connectivity index (χ0n) is 12.5. The Bertz CT molecular complexity index is 205. The molecule has 102 valence electrons. The van der Waals surface area contributed by atoms with Crippen LogP contribution >= 0.6 is 0 Å². The van der Waals surface area contributed by atoms with Gasteiger partial charge in [-0.1, -0.05) is 26.7 Å². The Morgan fingerprint density at radius 3 is 2.59 bits per heavy atom. The lowest BCUT2D eigenvalue weighted by atomic mass is 9.85. The Kier molecular flexibility index (Phi) is 6.50. The second-order valence-corrected chi connectivity index (χ2v) is 6.07. The predicted molar refractivity (Wildman–Crippen MR) is 76.4 cm³/mol. The van der Waals surface area contributed by atoms with Gasteiger partial charge < -0.3 is 5.32 Å². The molecule has 1 N–H and O–H groups in total. The second kappa shape index (κ2) is 7.38. The Balaban J connectivity index is 2.41. The molecule has 0 aromatic heterocycles. The summed E-state index contributed by atoms with van der Waals surface area (Å²) in [7, 11) is 2.32. The molecular weight excluding hydrogens is 208 g/mol. The van der Waals surface area contributed by atoms with Gasteiger partial charge in [-0.2, -0.15) is 0 Å². The highest BCUT2D eigenvalue weighted by molar-refractivity contribution is 4.84. The minimum absolute atomic E-state index is 0.595. The molecule has 0 aliphatic heterocycles. The SMILES string of the molecule is CCCNC(C)C(C)N(C)C1CCCC(C)C1. The highest BCUT2D eigenvalue weighted by atomic mass is 15.2. The molecule has 2 nitrogen and oxygen atoms in total. The maximum absolute atomic E-state index is 3.62. The fraction of sp³-hybridized carbons (Fsp3) is 1.00. The molecule has 1 aliphatic carbocycles. The van der Waals surface area contributed by atoms with Crippen molar-refractivity contribution in [2.75, 3.05) is 13.6 Å². The van der Waals surface area contributed by atoms with Crippen molar-refractivity contribution in [3.05, 3.63) is 0 Å². The largest absolute Gasteiger partial charge is 0.313 e. The first-order chi connectivity index (χ1) is 8.06. The van der Waals surface area contributed by atoms with Crippen LogP contribution in [0.4, 0.5) is 0 Å². The van der Waals surface area contributed by atoms with Crippen molar-refractivity contribution in [3.63, 3.8) is 0 Å².